The molecule has 1 rings (SSSR count). The molecule has 0 heterocycles. The van der Waals surface area contributed by atoms with Crippen LogP contribution in [-0.4, -0.2) is 32.7 Å². The number of halogens is 3. The van der Waals surface area contributed by atoms with E-state index in [4.69, 9.17) is 9.69 Å². The molecule has 0 saturated carbocycles. The van der Waals surface area contributed by atoms with Gasteiger partial charge in [0.05, 0.1) is 29.9 Å². The van der Waals surface area contributed by atoms with Gasteiger partial charge in [-0.25, -0.2) is 0 Å². The van der Waals surface area contributed by atoms with Gasteiger partial charge in [0.25, 0.3) is 0 Å². The van der Waals surface area contributed by atoms with Crippen LogP contribution in [0.4, 0.5) is 18.9 Å². The zero-order valence-electron chi connectivity index (χ0n) is 15.2. The third kappa shape index (κ3) is 6.03. The Morgan fingerprint density at radius 2 is 1.88 bits per heavy atom. The number of hydrogen-bond donors (Lipinski definition) is 2. The van der Waals surface area contributed by atoms with E-state index in [1.165, 1.54) is 12.1 Å². The van der Waals surface area contributed by atoms with Crippen molar-refractivity contribution in [2.75, 3.05) is 18.5 Å². The summed E-state index contributed by atoms with van der Waals surface area (Å²) in [5.41, 5.74) is -1.23. The van der Waals surface area contributed by atoms with E-state index in [2.05, 4.69) is 39.2 Å². The van der Waals surface area contributed by atoms with Crippen LogP contribution in [0.1, 0.15) is 31.9 Å². The first kappa shape index (κ1) is 21.5. The van der Waals surface area contributed by atoms with Gasteiger partial charge in [-0.2, -0.15) is 18.4 Å². The maximum Gasteiger partial charge on any atom is 0.417 e. The molecule has 1 aromatic carbocycles. The minimum atomic E-state index is -4.60. The number of aliphatic hydroxyl groups excluding tert-OH is 1. The van der Waals surface area contributed by atoms with Crippen LogP contribution in [0.5, 0.6) is 0 Å². The smallest absolute Gasteiger partial charge is 0.414 e. The Kier molecular flexibility index (Phi) is 6.67. The van der Waals surface area contributed by atoms with Crippen LogP contribution in [0.2, 0.25) is 18.1 Å². The Bertz CT molecular complexity index is 634. The van der Waals surface area contributed by atoms with Crippen LogP contribution in [-0.2, 0) is 10.6 Å². The van der Waals surface area contributed by atoms with Gasteiger partial charge in [-0.3, -0.25) is 0 Å². The summed E-state index contributed by atoms with van der Waals surface area (Å²) in [5.74, 6) is 0. The average molecular weight is 374 g/mol. The van der Waals surface area contributed by atoms with Crippen molar-refractivity contribution in [2.24, 2.45) is 0 Å². The van der Waals surface area contributed by atoms with Crippen LogP contribution >= 0.6 is 0 Å². The standard InChI is InChI=1S/C17H25F3N2O2Si/c1-16(2,3)25(4,5)24-11-14(23)10-22-13-7-6-12(9-21)15(8-13)17(18,19)20/h6-8,14,22-23H,10-11H2,1-5H3. The quantitative estimate of drug-likeness (QED) is 0.726. The fourth-order valence-corrected chi connectivity index (χ4v) is 2.84. The van der Waals surface area contributed by atoms with E-state index < -0.39 is 31.7 Å². The Labute approximate surface area is 147 Å². The molecule has 0 spiro atoms. The van der Waals surface area contributed by atoms with E-state index in [0.29, 0.717) is 0 Å². The maximum absolute atomic E-state index is 12.9. The number of nitrogens with one attached hydrogen (secondary N) is 1. The van der Waals surface area contributed by atoms with Crippen LogP contribution in [0.25, 0.3) is 0 Å². The van der Waals surface area contributed by atoms with Gasteiger partial charge in [0.1, 0.15) is 0 Å². The lowest BCUT2D eigenvalue weighted by atomic mass is 10.1. The van der Waals surface area contributed by atoms with Crippen LogP contribution in [0.15, 0.2) is 18.2 Å². The van der Waals surface area contributed by atoms with Crippen LogP contribution in [0.3, 0.4) is 0 Å². The van der Waals surface area contributed by atoms with Gasteiger partial charge in [0.15, 0.2) is 8.32 Å². The number of benzene rings is 1. The molecule has 1 atom stereocenters. The van der Waals surface area contributed by atoms with E-state index in [1.54, 1.807) is 0 Å². The molecular weight excluding hydrogens is 349 g/mol. The fraction of sp³-hybridized carbons (Fsp3) is 0.588. The summed E-state index contributed by atoms with van der Waals surface area (Å²) >= 11 is 0. The topological polar surface area (TPSA) is 65.3 Å². The van der Waals surface area contributed by atoms with Gasteiger partial charge < -0.3 is 14.8 Å². The lowest BCUT2D eigenvalue weighted by Gasteiger charge is -2.36. The molecule has 4 nitrogen and oxygen atoms in total. The normalized spacial score (nSPS) is 14.1. The summed E-state index contributed by atoms with van der Waals surface area (Å²) in [6.45, 7) is 10.5. The van der Waals surface area contributed by atoms with Crippen molar-refractivity contribution in [3.8, 4) is 6.07 Å². The third-order valence-corrected chi connectivity index (χ3v) is 8.93. The molecular formula is C17H25F3N2O2Si. The van der Waals surface area contributed by atoms with Gasteiger partial charge >= 0.3 is 6.18 Å². The molecule has 0 amide bonds. The Balaban J connectivity index is 2.69. The molecule has 2 N–H and O–H groups in total. The largest absolute Gasteiger partial charge is 0.417 e. The number of hydrogen-bond acceptors (Lipinski definition) is 4. The lowest BCUT2D eigenvalue weighted by molar-refractivity contribution is -0.137. The summed E-state index contributed by atoms with van der Waals surface area (Å²) in [6, 6.07) is 4.91. The molecule has 0 aliphatic rings. The molecule has 1 aromatic rings. The van der Waals surface area contributed by atoms with Crippen molar-refractivity contribution in [2.45, 2.75) is 51.2 Å². The van der Waals surface area contributed by atoms with Gasteiger partial charge in [-0.1, -0.05) is 20.8 Å². The predicted octanol–water partition coefficient (Wildman–Crippen LogP) is 4.37. The van der Waals surface area contributed by atoms with Crippen molar-refractivity contribution in [3.05, 3.63) is 29.3 Å². The summed E-state index contributed by atoms with van der Waals surface area (Å²) < 4.78 is 44.7. The number of nitriles is 1. The van der Waals surface area contributed by atoms with Gasteiger partial charge in [-0.05, 0) is 36.3 Å². The summed E-state index contributed by atoms with van der Waals surface area (Å²) in [5, 5.41) is 21.6. The number of alkyl halides is 3. The first-order chi connectivity index (χ1) is 11.3. The molecule has 0 radical (unpaired) electrons. The van der Waals surface area contributed by atoms with Crippen molar-refractivity contribution in [1.29, 1.82) is 5.26 Å². The number of aliphatic hydroxyl groups is 1. The first-order valence-electron chi connectivity index (χ1n) is 7.95. The Hall–Kier alpha value is -1.56. The lowest BCUT2D eigenvalue weighted by Crippen LogP contribution is -2.43. The number of anilines is 1. The highest BCUT2D eigenvalue weighted by Gasteiger charge is 2.37. The molecule has 0 aromatic heterocycles. The second-order valence-corrected chi connectivity index (χ2v) is 12.3. The third-order valence-electron chi connectivity index (χ3n) is 4.43. The van der Waals surface area contributed by atoms with Crippen molar-refractivity contribution < 1.29 is 22.7 Å². The number of rotatable bonds is 6. The molecule has 140 valence electrons. The Morgan fingerprint density at radius 1 is 1.28 bits per heavy atom. The minimum absolute atomic E-state index is 0.00881. The minimum Gasteiger partial charge on any atom is -0.414 e. The van der Waals surface area contributed by atoms with E-state index >= 15 is 0 Å². The van der Waals surface area contributed by atoms with Gasteiger partial charge in [0, 0.05) is 12.2 Å². The molecule has 0 aliphatic carbocycles. The highest BCUT2D eigenvalue weighted by molar-refractivity contribution is 6.74. The highest BCUT2D eigenvalue weighted by atomic mass is 28.4. The monoisotopic (exact) mass is 374 g/mol. The molecule has 1 unspecified atom stereocenters. The first-order valence-corrected chi connectivity index (χ1v) is 10.9. The molecule has 0 aliphatic heterocycles. The van der Waals surface area contributed by atoms with Crippen molar-refractivity contribution >= 4 is 14.0 Å². The second-order valence-electron chi connectivity index (χ2n) is 7.48. The van der Waals surface area contributed by atoms with Crippen molar-refractivity contribution in [1.82, 2.24) is 0 Å². The second kappa shape index (κ2) is 7.77. The molecule has 0 fully saturated rings. The molecule has 8 heteroatoms. The average Bonchev–Trinajstić information content (AvgIpc) is 2.48. The predicted molar refractivity (Wildman–Crippen MR) is 93.8 cm³/mol. The summed E-state index contributed by atoms with van der Waals surface area (Å²) in [6.07, 6.45) is -5.45. The van der Waals surface area contributed by atoms with Crippen LogP contribution in [0, 0.1) is 11.3 Å². The van der Waals surface area contributed by atoms with E-state index in [1.807, 2.05) is 0 Å². The molecule has 0 bridgehead atoms. The summed E-state index contributed by atoms with van der Waals surface area (Å²) in [7, 11) is -1.99. The zero-order valence-corrected chi connectivity index (χ0v) is 16.2. The van der Waals surface area contributed by atoms with E-state index in [0.717, 1.165) is 12.1 Å². The van der Waals surface area contributed by atoms with E-state index in [-0.39, 0.29) is 23.9 Å². The molecule has 0 saturated heterocycles. The van der Waals surface area contributed by atoms with Gasteiger partial charge in [-0.15, -0.1) is 0 Å². The Morgan fingerprint density at radius 3 is 2.36 bits per heavy atom. The zero-order chi connectivity index (χ0) is 19.5. The SMILES string of the molecule is CC(C)(C)[Si](C)(C)OCC(O)CNc1ccc(C#N)c(C(F)(F)F)c1. The molecule has 25 heavy (non-hydrogen) atoms. The summed E-state index contributed by atoms with van der Waals surface area (Å²) in [4.78, 5) is 0. The maximum atomic E-state index is 12.9. The van der Waals surface area contributed by atoms with E-state index in [9.17, 15) is 18.3 Å². The fourth-order valence-electron chi connectivity index (χ4n) is 1.80. The van der Waals surface area contributed by atoms with Gasteiger partial charge in [0.2, 0.25) is 0 Å². The highest BCUT2D eigenvalue weighted by Crippen LogP contribution is 2.36. The van der Waals surface area contributed by atoms with Crippen LogP contribution < -0.4 is 5.32 Å². The van der Waals surface area contributed by atoms with Crippen molar-refractivity contribution in [3.63, 3.8) is 0 Å². The number of nitrogens with zero attached hydrogens (tertiary/aromatic N) is 1.